The highest BCUT2D eigenvalue weighted by Crippen LogP contribution is 2.22. The van der Waals surface area contributed by atoms with Crippen molar-refractivity contribution >= 4 is 11.9 Å². The summed E-state index contributed by atoms with van der Waals surface area (Å²) in [6.45, 7) is 1.93. The van der Waals surface area contributed by atoms with Gasteiger partial charge in [0.25, 0.3) is 0 Å². The smallest absolute Gasteiger partial charge is 0.475 e. The van der Waals surface area contributed by atoms with Crippen LogP contribution in [0.4, 0.5) is 13.2 Å². The third kappa shape index (κ3) is 5.07. The number of fused-ring (bicyclic) bond motifs is 1. The standard InChI is InChI=1S/C11H14N2O.C2HF3O2/c12-6-5-11(14)13-7-9-3-1-2-4-10(9)8-13;3-2(4,5)1(6)7/h1-4H,5-8,12H2;(H,6,7). The zero-order valence-corrected chi connectivity index (χ0v) is 11.1. The summed E-state index contributed by atoms with van der Waals surface area (Å²) in [6.07, 6.45) is -4.63. The van der Waals surface area contributed by atoms with Gasteiger partial charge in [-0.2, -0.15) is 13.2 Å². The molecule has 3 N–H and O–H groups in total. The molecule has 0 bridgehead atoms. The van der Waals surface area contributed by atoms with Crippen molar-refractivity contribution in [3.63, 3.8) is 0 Å². The van der Waals surface area contributed by atoms with Crippen molar-refractivity contribution in [1.82, 2.24) is 4.90 Å². The molecule has 1 aromatic rings. The Morgan fingerprint density at radius 2 is 1.62 bits per heavy atom. The molecule has 21 heavy (non-hydrogen) atoms. The molecule has 0 spiro atoms. The van der Waals surface area contributed by atoms with Gasteiger partial charge in [0.05, 0.1) is 0 Å². The second-order valence-corrected chi connectivity index (χ2v) is 4.36. The molecule has 1 aliphatic rings. The molecule has 1 aliphatic heterocycles. The molecule has 0 atom stereocenters. The van der Waals surface area contributed by atoms with Crippen molar-refractivity contribution in [3.8, 4) is 0 Å². The number of halogens is 3. The van der Waals surface area contributed by atoms with Crippen LogP contribution in [0.15, 0.2) is 24.3 Å². The van der Waals surface area contributed by atoms with E-state index in [0.29, 0.717) is 13.0 Å². The van der Waals surface area contributed by atoms with Crippen LogP contribution in [-0.4, -0.2) is 34.6 Å². The predicted molar refractivity (Wildman–Crippen MR) is 68.1 cm³/mol. The van der Waals surface area contributed by atoms with Crippen LogP contribution in [0, 0.1) is 0 Å². The third-order valence-corrected chi connectivity index (χ3v) is 2.79. The number of nitrogens with zero attached hydrogens (tertiary/aromatic N) is 1. The van der Waals surface area contributed by atoms with Gasteiger partial charge in [-0.05, 0) is 11.1 Å². The minimum Gasteiger partial charge on any atom is -0.475 e. The number of amides is 1. The fraction of sp³-hybridized carbons (Fsp3) is 0.385. The minimum absolute atomic E-state index is 0.156. The number of nitrogens with two attached hydrogens (primary N) is 1. The maximum Gasteiger partial charge on any atom is 0.490 e. The fourth-order valence-electron chi connectivity index (χ4n) is 1.79. The Balaban J connectivity index is 0.000000270. The van der Waals surface area contributed by atoms with Crippen LogP contribution >= 0.6 is 0 Å². The van der Waals surface area contributed by atoms with Gasteiger partial charge in [0, 0.05) is 26.1 Å². The molecule has 1 amide bonds. The van der Waals surface area contributed by atoms with Crippen LogP contribution in [0.3, 0.4) is 0 Å². The highest BCUT2D eigenvalue weighted by atomic mass is 19.4. The fourth-order valence-corrected chi connectivity index (χ4v) is 1.79. The van der Waals surface area contributed by atoms with Crippen molar-refractivity contribution in [1.29, 1.82) is 0 Å². The number of rotatable bonds is 2. The Morgan fingerprint density at radius 1 is 1.19 bits per heavy atom. The van der Waals surface area contributed by atoms with Crippen molar-refractivity contribution in [2.24, 2.45) is 5.73 Å². The third-order valence-electron chi connectivity index (χ3n) is 2.79. The lowest BCUT2D eigenvalue weighted by atomic mass is 10.1. The van der Waals surface area contributed by atoms with E-state index in [-0.39, 0.29) is 5.91 Å². The summed E-state index contributed by atoms with van der Waals surface area (Å²) in [4.78, 5) is 22.3. The van der Waals surface area contributed by atoms with Crippen LogP contribution in [0.1, 0.15) is 17.5 Å². The van der Waals surface area contributed by atoms with Crippen LogP contribution in [0.25, 0.3) is 0 Å². The highest BCUT2D eigenvalue weighted by molar-refractivity contribution is 5.77. The van der Waals surface area contributed by atoms with Crippen LogP contribution in [0.2, 0.25) is 0 Å². The summed E-state index contributed by atoms with van der Waals surface area (Å²) in [5, 5.41) is 7.12. The molecule has 2 rings (SSSR count). The number of carboxylic acids is 1. The average molecular weight is 304 g/mol. The second kappa shape index (κ2) is 7.07. The molecule has 0 saturated carbocycles. The maximum absolute atomic E-state index is 11.6. The van der Waals surface area contributed by atoms with Crippen LogP contribution in [-0.2, 0) is 22.7 Å². The molecule has 1 heterocycles. The van der Waals surface area contributed by atoms with Gasteiger partial charge in [-0.15, -0.1) is 0 Å². The summed E-state index contributed by atoms with van der Waals surface area (Å²) >= 11 is 0. The quantitative estimate of drug-likeness (QED) is 0.867. The molecule has 0 aliphatic carbocycles. The van der Waals surface area contributed by atoms with Gasteiger partial charge in [-0.1, -0.05) is 24.3 Å². The number of carbonyl (C=O) groups is 2. The number of carbonyl (C=O) groups excluding carboxylic acids is 1. The maximum atomic E-state index is 11.6. The van der Waals surface area contributed by atoms with Gasteiger partial charge < -0.3 is 15.7 Å². The van der Waals surface area contributed by atoms with E-state index in [4.69, 9.17) is 15.6 Å². The van der Waals surface area contributed by atoms with Crippen molar-refractivity contribution in [3.05, 3.63) is 35.4 Å². The second-order valence-electron chi connectivity index (χ2n) is 4.36. The van der Waals surface area contributed by atoms with Gasteiger partial charge in [0.2, 0.25) is 5.91 Å². The summed E-state index contributed by atoms with van der Waals surface area (Å²) in [5.41, 5.74) is 7.88. The van der Waals surface area contributed by atoms with E-state index >= 15 is 0 Å². The highest BCUT2D eigenvalue weighted by Gasteiger charge is 2.38. The van der Waals surface area contributed by atoms with E-state index in [9.17, 15) is 18.0 Å². The molecule has 0 aromatic heterocycles. The SMILES string of the molecule is NCCC(=O)N1Cc2ccccc2C1.O=C(O)C(F)(F)F. The summed E-state index contributed by atoms with van der Waals surface area (Å²) in [7, 11) is 0. The number of hydrogen-bond donors (Lipinski definition) is 2. The molecule has 5 nitrogen and oxygen atoms in total. The number of alkyl halides is 3. The number of carboxylic acid groups (broad SMARTS) is 1. The Bertz CT molecular complexity index is 493. The minimum atomic E-state index is -5.08. The van der Waals surface area contributed by atoms with Gasteiger partial charge in [0.15, 0.2) is 0 Å². The van der Waals surface area contributed by atoms with Gasteiger partial charge in [-0.3, -0.25) is 4.79 Å². The normalized spacial score (nSPS) is 13.2. The van der Waals surface area contributed by atoms with Gasteiger partial charge in [-0.25, -0.2) is 4.79 Å². The van der Waals surface area contributed by atoms with Gasteiger partial charge >= 0.3 is 12.1 Å². The zero-order chi connectivity index (χ0) is 16.0. The lowest BCUT2D eigenvalue weighted by molar-refractivity contribution is -0.192. The van der Waals surface area contributed by atoms with Crippen molar-refractivity contribution in [2.45, 2.75) is 25.7 Å². The molecule has 116 valence electrons. The predicted octanol–water partition coefficient (Wildman–Crippen LogP) is 1.51. The first kappa shape index (κ1) is 17.0. The number of hydrogen-bond acceptors (Lipinski definition) is 3. The first-order valence-electron chi connectivity index (χ1n) is 6.10. The summed E-state index contributed by atoms with van der Waals surface area (Å²) in [5.74, 6) is -2.60. The Morgan fingerprint density at radius 3 is 1.95 bits per heavy atom. The zero-order valence-electron chi connectivity index (χ0n) is 11.1. The lowest BCUT2D eigenvalue weighted by Gasteiger charge is -2.14. The van der Waals surface area contributed by atoms with E-state index in [0.717, 1.165) is 13.1 Å². The first-order valence-corrected chi connectivity index (χ1v) is 6.10. The summed E-state index contributed by atoms with van der Waals surface area (Å²) in [6, 6.07) is 8.17. The van der Waals surface area contributed by atoms with E-state index in [1.54, 1.807) is 0 Å². The molecule has 0 saturated heterocycles. The molecular weight excluding hydrogens is 289 g/mol. The van der Waals surface area contributed by atoms with E-state index in [1.807, 2.05) is 17.0 Å². The topological polar surface area (TPSA) is 83.6 Å². The van der Waals surface area contributed by atoms with E-state index in [1.165, 1.54) is 11.1 Å². The molecule has 0 fully saturated rings. The van der Waals surface area contributed by atoms with E-state index in [2.05, 4.69) is 12.1 Å². The van der Waals surface area contributed by atoms with Gasteiger partial charge in [0.1, 0.15) is 0 Å². The van der Waals surface area contributed by atoms with Crippen LogP contribution < -0.4 is 5.73 Å². The monoisotopic (exact) mass is 304 g/mol. The largest absolute Gasteiger partial charge is 0.490 e. The van der Waals surface area contributed by atoms with Crippen molar-refractivity contribution < 1.29 is 27.9 Å². The molecule has 1 aromatic carbocycles. The molecular formula is C13H15F3N2O3. The molecule has 8 heteroatoms. The lowest BCUT2D eigenvalue weighted by Crippen LogP contribution is -2.27. The van der Waals surface area contributed by atoms with Crippen LogP contribution in [0.5, 0.6) is 0 Å². The molecule has 0 unspecified atom stereocenters. The average Bonchev–Trinajstić information content (AvgIpc) is 2.82. The summed E-state index contributed by atoms with van der Waals surface area (Å²) < 4.78 is 31.7. The number of benzene rings is 1. The Labute approximate surface area is 119 Å². The van der Waals surface area contributed by atoms with Crippen molar-refractivity contribution in [2.75, 3.05) is 6.54 Å². The Kier molecular flexibility index (Phi) is 5.71. The Hall–Kier alpha value is -2.09. The number of aliphatic carboxylic acids is 1. The van der Waals surface area contributed by atoms with E-state index < -0.39 is 12.1 Å². The first-order chi connectivity index (χ1) is 9.75. The molecule has 0 radical (unpaired) electrons.